The monoisotopic (exact) mass is 223 g/mol. The van der Waals surface area contributed by atoms with Gasteiger partial charge < -0.3 is 10.6 Å². The van der Waals surface area contributed by atoms with Crippen LogP contribution in [0, 0.1) is 0 Å². The molecule has 2 N–H and O–H groups in total. The van der Waals surface area contributed by atoms with E-state index in [1.54, 1.807) is 6.20 Å². The number of aromatic nitrogens is 3. The molecule has 7 heteroatoms. The van der Waals surface area contributed by atoms with Gasteiger partial charge >= 0.3 is 0 Å². The van der Waals surface area contributed by atoms with E-state index in [1.807, 2.05) is 0 Å². The van der Waals surface area contributed by atoms with Gasteiger partial charge in [0.2, 0.25) is 11.8 Å². The number of hydrogen-bond donors (Lipinski definition) is 2. The van der Waals surface area contributed by atoms with Crippen molar-refractivity contribution in [1.29, 1.82) is 0 Å². The summed E-state index contributed by atoms with van der Waals surface area (Å²) in [5.74, 6) is -0.151. The number of hydrogen-bond acceptors (Lipinski definition) is 4. The highest BCUT2D eigenvalue weighted by atomic mass is 16.2. The molecule has 0 unspecified atom stereocenters. The van der Waals surface area contributed by atoms with Crippen LogP contribution in [0.25, 0.3) is 0 Å². The number of fused-ring (bicyclic) bond motifs is 2. The number of carbonyl (C=O) groups excluding carboxylic acids is 2. The van der Waals surface area contributed by atoms with Crippen LogP contribution in [0.1, 0.15) is 18.5 Å². The van der Waals surface area contributed by atoms with E-state index < -0.39 is 0 Å². The molecule has 1 aromatic rings. The van der Waals surface area contributed by atoms with Crippen molar-refractivity contribution in [3.63, 3.8) is 0 Å². The van der Waals surface area contributed by atoms with Crippen LogP contribution in [0.3, 0.4) is 0 Å². The fraction of sp³-hybridized carbons (Fsp3) is 0.556. The molecule has 16 heavy (non-hydrogen) atoms. The summed E-state index contributed by atoms with van der Waals surface area (Å²) in [5, 5.41) is 13.1. The number of carbonyl (C=O) groups is 2. The average Bonchev–Trinajstić information content (AvgIpc) is 2.68. The maximum atomic E-state index is 11.4. The highest BCUT2D eigenvalue weighted by Gasteiger charge is 2.09. The lowest BCUT2D eigenvalue weighted by Crippen LogP contribution is -2.30. The molecule has 0 saturated carbocycles. The Morgan fingerprint density at radius 3 is 3.00 bits per heavy atom. The first-order valence-corrected chi connectivity index (χ1v) is 5.16. The molecule has 2 bridgehead atoms. The lowest BCUT2D eigenvalue weighted by molar-refractivity contribution is -0.123. The van der Waals surface area contributed by atoms with Gasteiger partial charge in [-0.1, -0.05) is 5.21 Å². The molecule has 1 aromatic heterocycles. The van der Waals surface area contributed by atoms with Crippen molar-refractivity contribution >= 4 is 11.8 Å². The van der Waals surface area contributed by atoms with Crippen molar-refractivity contribution in [2.75, 3.05) is 6.54 Å². The highest BCUT2D eigenvalue weighted by molar-refractivity contribution is 5.77. The van der Waals surface area contributed by atoms with Crippen molar-refractivity contribution in [2.45, 2.75) is 25.9 Å². The van der Waals surface area contributed by atoms with E-state index in [0.29, 0.717) is 31.6 Å². The Balaban J connectivity index is 2.08. The van der Waals surface area contributed by atoms with Crippen LogP contribution in [0.5, 0.6) is 0 Å². The van der Waals surface area contributed by atoms with Crippen LogP contribution in [-0.2, 0) is 22.7 Å². The third kappa shape index (κ3) is 2.78. The second-order valence-corrected chi connectivity index (χ2v) is 3.64. The van der Waals surface area contributed by atoms with Gasteiger partial charge in [0, 0.05) is 13.0 Å². The minimum Gasteiger partial charge on any atom is -0.354 e. The molecule has 0 aromatic carbocycles. The molecule has 0 saturated heterocycles. The van der Waals surface area contributed by atoms with Crippen LogP contribution in [0.4, 0.5) is 0 Å². The summed E-state index contributed by atoms with van der Waals surface area (Å²) in [6.45, 7) is 1.04. The van der Waals surface area contributed by atoms with Gasteiger partial charge in [-0.05, 0) is 6.42 Å². The van der Waals surface area contributed by atoms with E-state index in [9.17, 15) is 9.59 Å². The Morgan fingerprint density at radius 2 is 2.12 bits per heavy atom. The van der Waals surface area contributed by atoms with Gasteiger partial charge in [-0.3, -0.25) is 9.59 Å². The molecule has 0 radical (unpaired) electrons. The van der Waals surface area contributed by atoms with E-state index >= 15 is 0 Å². The van der Waals surface area contributed by atoms with Gasteiger partial charge in [-0.2, -0.15) is 0 Å². The van der Waals surface area contributed by atoms with Crippen molar-refractivity contribution in [3.05, 3.63) is 11.9 Å². The van der Waals surface area contributed by atoms with E-state index in [-0.39, 0.29) is 18.4 Å². The molecule has 2 rings (SSSR count). The molecule has 0 aliphatic carbocycles. The summed E-state index contributed by atoms with van der Waals surface area (Å²) in [4.78, 5) is 22.7. The zero-order valence-corrected chi connectivity index (χ0v) is 8.77. The fourth-order valence-corrected chi connectivity index (χ4v) is 1.45. The molecule has 0 spiro atoms. The Hall–Kier alpha value is -1.92. The predicted molar refractivity (Wildman–Crippen MR) is 54.1 cm³/mol. The minimum atomic E-state index is -0.113. The summed E-state index contributed by atoms with van der Waals surface area (Å²) in [6.07, 6.45) is 2.71. The standard InChI is InChI=1S/C9H13N5O2/c15-8-2-1-3-10-9(16)6-14-5-7(4-11-8)12-13-14/h5H,1-4,6H2,(H,10,16)(H,11,15). The van der Waals surface area contributed by atoms with E-state index in [4.69, 9.17) is 0 Å². The molecule has 2 heterocycles. The minimum absolute atomic E-state index is 0.0376. The largest absolute Gasteiger partial charge is 0.354 e. The van der Waals surface area contributed by atoms with Crippen molar-refractivity contribution in [2.24, 2.45) is 0 Å². The molecular formula is C9H13N5O2. The predicted octanol–water partition coefficient (Wildman–Crippen LogP) is -1.20. The van der Waals surface area contributed by atoms with Crippen molar-refractivity contribution in [1.82, 2.24) is 25.6 Å². The van der Waals surface area contributed by atoms with Gasteiger partial charge in [0.25, 0.3) is 0 Å². The van der Waals surface area contributed by atoms with Crippen LogP contribution in [0.2, 0.25) is 0 Å². The molecule has 0 atom stereocenters. The maximum Gasteiger partial charge on any atom is 0.241 e. The third-order valence-electron chi connectivity index (χ3n) is 2.26. The topological polar surface area (TPSA) is 88.9 Å². The first kappa shape index (κ1) is 10.6. The molecule has 1 aliphatic heterocycles. The first-order valence-electron chi connectivity index (χ1n) is 5.16. The van der Waals surface area contributed by atoms with Gasteiger partial charge in [0.05, 0.1) is 12.7 Å². The SMILES string of the molecule is O=C1CCCNC(=O)Cn2cc(nn2)CN1. The van der Waals surface area contributed by atoms with Crippen molar-refractivity contribution < 1.29 is 9.59 Å². The van der Waals surface area contributed by atoms with Gasteiger partial charge in [0.15, 0.2) is 0 Å². The number of amides is 2. The third-order valence-corrected chi connectivity index (χ3v) is 2.26. The molecule has 0 fully saturated rings. The molecule has 86 valence electrons. The second kappa shape index (κ2) is 4.73. The molecule has 1 aliphatic rings. The number of nitrogens with zero attached hydrogens (tertiary/aromatic N) is 3. The van der Waals surface area contributed by atoms with Gasteiger partial charge in [-0.25, -0.2) is 4.68 Å². The summed E-state index contributed by atoms with van der Waals surface area (Å²) in [7, 11) is 0. The van der Waals surface area contributed by atoms with E-state index in [1.165, 1.54) is 4.68 Å². The summed E-state index contributed by atoms with van der Waals surface area (Å²) in [5.41, 5.74) is 0.654. The lowest BCUT2D eigenvalue weighted by Gasteiger charge is -2.06. The average molecular weight is 223 g/mol. The van der Waals surface area contributed by atoms with Gasteiger partial charge in [-0.15, -0.1) is 5.10 Å². The van der Waals surface area contributed by atoms with Gasteiger partial charge in [0.1, 0.15) is 12.2 Å². The molecule has 7 nitrogen and oxygen atoms in total. The fourth-order valence-electron chi connectivity index (χ4n) is 1.45. The highest BCUT2D eigenvalue weighted by Crippen LogP contribution is 1.96. The Bertz CT molecular complexity index is 400. The number of nitrogens with one attached hydrogen (secondary N) is 2. The lowest BCUT2D eigenvalue weighted by atomic mass is 10.3. The first-order chi connectivity index (χ1) is 7.74. The van der Waals surface area contributed by atoms with E-state index in [0.717, 1.165) is 0 Å². The van der Waals surface area contributed by atoms with Crippen LogP contribution >= 0.6 is 0 Å². The quantitative estimate of drug-likeness (QED) is 0.578. The molecular weight excluding hydrogens is 210 g/mol. The zero-order valence-electron chi connectivity index (χ0n) is 8.77. The van der Waals surface area contributed by atoms with Crippen LogP contribution in [-0.4, -0.2) is 33.4 Å². The smallest absolute Gasteiger partial charge is 0.241 e. The molecule has 2 amide bonds. The normalized spacial score (nSPS) is 18.0. The van der Waals surface area contributed by atoms with Crippen molar-refractivity contribution in [3.8, 4) is 0 Å². The summed E-state index contributed by atoms with van der Waals surface area (Å²) in [6, 6.07) is 0. The Kier molecular flexibility index (Phi) is 3.13. The summed E-state index contributed by atoms with van der Waals surface area (Å²) >= 11 is 0. The zero-order chi connectivity index (χ0) is 11.4. The Morgan fingerprint density at radius 1 is 1.25 bits per heavy atom. The van der Waals surface area contributed by atoms with E-state index in [2.05, 4.69) is 20.9 Å². The maximum absolute atomic E-state index is 11.4. The summed E-state index contributed by atoms with van der Waals surface area (Å²) < 4.78 is 1.46. The van der Waals surface area contributed by atoms with Crippen LogP contribution in [0.15, 0.2) is 6.20 Å². The van der Waals surface area contributed by atoms with Crippen LogP contribution < -0.4 is 10.6 Å². The Labute approximate surface area is 92.2 Å². The second-order valence-electron chi connectivity index (χ2n) is 3.64. The number of rotatable bonds is 0.